The summed E-state index contributed by atoms with van der Waals surface area (Å²) < 4.78 is 36.8. The molecule has 2 fully saturated rings. The number of hydrogen-bond acceptors (Lipinski definition) is 9. The molecule has 6 N–H and O–H groups in total. The first-order valence-corrected chi connectivity index (χ1v) is 14.9. The molecule has 3 heterocycles. The lowest BCUT2D eigenvalue weighted by molar-refractivity contribution is -0.219. The summed E-state index contributed by atoms with van der Waals surface area (Å²) in [5.74, 6) is 1.54. The van der Waals surface area contributed by atoms with Crippen molar-refractivity contribution in [2.75, 3.05) is 24.2 Å². The van der Waals surface area contributed by atoms with Crippen LogP contribution in [0.3, 0.4) is 0 Å². The number of aromatic amines is 1. The predicted octanol–water partition coefficient (Wildman–Crippen LogP) is 3.09. The van der Waals surface area contributed by atoms with Crippen LogP contribution in [0.4, 0.5) is 20.7 Å². The first kappa shape index (κ1) is 26.2. The Kier molecular flexibility index (Phi) is 6.19. The zero-order chi connectivity index (χ0) is 28.5. The highest BCUT2D eigenvalue weighted by Gasteiger charge is 2.54. The van der Waals surface area contributed by atoms with Gasteiger partial charge in [-0.2, -0.15) is 10.2 Å². The number of benzene rings is 2. The zero-order valence-electron chi connectivity index (χ0n) is 21.7. The molecule has 1 amide bonds. The molecular weight excluding hydrogens is 556 g/mol. The largest absolute Gasteiger partial charge is 0.756 e. The molecule has 15 heteroatoms. The fourth-order valence-electron chi connectivity index (χ4n) is 7.38. The maximum Gasteiger partial charge on any atom is 0.409 e. The lowest BCUT2D eigenvalue weighted by atomic mass is 9.67. The second kappa shape index (κ2) is 9.69. The average molecular weight is 585 g/mol. The Morgan fingerprint density at radius 1 is 1.29 bits per heavy atom. The fraction of sp³-hybridized carbons (Fsp3) is 0.423. The molecule has 3 unspecified atom stereocenters. The molecule has 2 aromatic carbocycles. The first-order valence-electron chi connectivity index (χ1n) is 13.4. The number of carbonyl (C=O) groups is 1. The van der Waals surface area contributed by atoms with E-state index in [9.17, 15) is 14.3 Å². The predicted molar refractivity (Wildman–Crippen MR) is 144 cm³/mol. The van der Waals surface area contributed by atoms with E-state index in [-0.39, 0.29) is 36.9 Å². The molecule has 1 aliphatic heterocycles. The van der Waals surface area contributed by atoms with Crippen LogP contribution in [0.1, 0.15) is 42.3 Å². The smallest absolute Gasteiger partial charge is 0.409 e. The standard InChI is InChI=1S/C26H29FN7O6P/c27-17-9-18-16(10-30-32-18)22-20-12-1-2-13(7-12)21(20)23(31-24(17)22)14-3-4-19-15(8-14)25(28)33-34(19)11-39-26(35)29-5-6-40-41(36,37)38/h3-4,8-10,12-13,20-21,23,31H,1-2,5-7,11H2,(H2,28,33)(H,29,35)(H,30,32)(H2,36,37,38)/p-1/t12?,13?,20-,21+,23-/m0/s1. The number of rotatable bonds is 7. The normalized spacial score (nSPS) is 26.0. The summed E-state index contributed by atoms with van der Waals surface area (Å²) in [5.41, 5.74) is 10.2. The van der Waals surface area contributed by atoms with Crippen molar-refractivity contribution in [2.45, 2.75) is 38.0 Å². The number of carbonyl (C=O) groups excluding carboxylic acids is 1. The minimum absolute atomic E-state index is 0.110. The van der Waals surface area contributed by atoms with Crippen molar-refractivity contribution in [3.8, 4) is 0 Å². The van der Waals surface area contributed by atoms with Gasteiger partial charge in [-0.1, -0.05) is 6.07 Å². The van der Waals surface area contributed by atoms with Crippen LogP contribution in [0, 0.1) is 23.6 Å². The fourth-order valence-corrected chi connectivity index (χ4v) is 7.70. The molecule has 2 aromatic heterocycles. The number of phosphoric acid groups is 1. The SMILES string of the molecule is Nc1nn(COC(=O)NCCOP(=O)([O-])O)c2ccc([C@@H]3Nc4c(F)cc5[nH]ncc5c4[C@H]4C5CCC(C5)[C@@H]34)cc12. The third kappa shape index (κ3) is 4.51. The van der Waals surface area contributed by atoms with Crippen molar-refractivity contribution in [3.05, 3.63) is 47.4 Å². The van der Waals surface area contributed by atoms with Crippen molar-refractivity contribution in [2.24, 2.45) is 17.8 Å². The number of fused-ring (bicyclic) bond motifs is 10. The molecule has 3 aliphatic rings. The van der Waals surface area contributed by atoms with Gasteiger partial charge in [-0.3, -0.25) is 9.66 Å². The Bertz CT molecular complexity index is 1720. The molecular formula is C26H28FN7O6P-. The average Bonchev–Trinajstić information content (AvgIpc) is 3.73. The number of H-pyrrole nitrogens is 1. The number of halogens is 1. The van der Waals surface area contributed by atoms with Gasteiger partial charge < -0.3 is 35.4 Å². The minimum atomic E-state index is -4.86. The number of hydrogen-bond donors (Lipinski definition) is 5. The zero-order valence-corrected chi connectivity index (χ0v) is 22.6. The maximum atomic E-state index is 15.5. The lowest BCUT2D eigenvalue weighted by Crippen LogP contribution is -2.36. The van der Waals surface area contributed by atoms with E-state index < -0.39 is 20.5 Å². The number of nitrogens with zero attached hydrogens (tertiary/aromatic N) is 3. The van der Waals surface area contributed by atoms with Crippen LogP contribution < -0.4 is 21.3 Å². The van der Waals surface area contributed by atoms with Gasteiger partial charge in [0.05, 0.1) is 35.6 Å². The Morgan fingerprint density at radius 3 is 2.95 bits per heavy atom. The third-order valence-electron chi connectivity index (χ3n) is 8.84. The summed E-state index contributed by atoms with van der Waals surface area (Å²) in [7, 11) is -4.86. The number of alkyl carbamates (subject to hydrolysis) is 1. The Morgan fingerprint density at radius 2 is 2.12 bits per heavy atom. The van der Waals surface area contributed by atoms with Gasteiger partial charge in [0.1, 0.15) is 5.82 Å². The maximum absolute atomic E-state index is 15.5. The van der Waals surface area contributed by atoms with Gasteiger partial charge in [0.2, 0.25) is 0 Å². The number of amides is 1. The van der Waals surface area contributed by atoms with Crippen molar-refractivity contribution in [1.29, 1.82) is 0 Å². The van der Waals surface area contributed by atoms with E-state index in [0.29, 0.717) is 39.9 Å². The highest BCUT2D eigenvalue weighted by Crippen LogP contribution is 2.64. The topological polar surface area (TPSA) is 192 Å². The molecule has 216 valence electrons. The number of phosphoric ester groups is 1. The van der Waals surface area contributed by atoms with Crippen LogP contribution in [0.5, 0.6) is 0 Å². The Labute approximate surface area is 232 Å². The molecule has 7 rings (SSSR count). The molecule has 41 heavy (non-hydrogen) atoms. The van der Waals surface area contributed by atoms with E-state index in [2.05, 4.69) is 30.5 Å². The van der Waals surface area contributed by atoms with Gasteiger partial charge in [0, 0.05) is 23.4 Å². The number of nitrogen functional groups attached to an aromatic ring is 1. The van der Waals surface area contributed by atoms with Crippen LogP contribution in [-0.4, -0.2) is 44.1 Å². The van der Waals surface area contributed by atoms with Gasteiger partial charge in [-0.25, -0.2) is 13.9 Å². The van der Waals surface area contributed by atoms with Gasteiger partial charge in [0.15, 0.2) is 12.5 Å². The quantitative estimate of drug-likeness (QED) is 0.159. The second-order valence-corrected chi connectivity index (χ2v) is 12.2. The lowest BCUT2D eigenvalue weighted by Gasteiger charge is -2.43. The van der Waals surface area contributed by atoms with Gasteiger partial charge in [0.25, 0.3) is 7.82 Å². The molecule has 2 bridgehead atoms. The van der Waals surface area contributed by atoms with E-state index in [1.165, 1.54) is 10.7 Å². The molecule has 13 nitrogen and oxygen atoms in total. The number of nitrogens with one attached hydrogen (secondary N) is 3. The molecule has 6 atom stereocenters. The summed E-state index contributed by atoms with van der Waals surface area (Å²) in [6, 6.07) is 7.21. The van der Waals surface area contributed by atoms with Crippen LogP contribution in [0.2, 0.25) is 0 Å². The highest BCUT2D eigenvalue weighted by atomic mass is 31.2. The summed E-state index contributed by atoms with van der Waals surface area (Å²) in [5, 5.41) is 19.0. The Balaban J connectivity index is 1.14. The summed E-state index contributed by atoms with van der Waals surface area (Å²) in [4.78, 5) is 31.2. The highest BCUT2D eigenvalue weighted by molar-refractivity contribution is 7.44. The molecule has 2 aliphatic carbocycles. The van der Waals surface area contributed by atoms with Crippen LogP contribution in [0.25, 0.3) is 21.8 Å². The molecule has 4 aromatic rings. The third-order valence-corrected chi connectivity index (χ3v) is 9.35. The molecule has 0 spiro atoms. The van der Waals surface area contributed by atoms with Crippen molar-refractivity contribution >= 4 is 47.2 Å². The number of nitrogens with two attached hydrogens (primary N) is 1. The van der Waals surface area contributed by atoms with Crippen LogP contribution in [0.15, 0.2) is 30.5 Å². The van der Waals surface area contributed by atoms with Gasteiger partial charge in [-0.15, -0.1) is 0 Å². The summed E-state index contributed by atoms with van der Waals surface area (Å²) in [6.07, 6.45) is 4.41. The second-order valence-electron chi connectivity index (χ2n) is 11.0. The van der Waals surface area contributed by atoms with E-state index in [1.807, 2.05) is 18.2 Å². The molecule has 0 saturated heterocycles. The van der Waals surface area contributed by atoms with E-state index >= 15 is 4.39 Å². The first-order chi connectivity index (χ1) is 19.7. The van der Waals surface area contributed by atoms with E-state index in [4.69, 9.17) is 15.4 Å². The summed E-state index contributed by atoms with van der Waals surface area (Å²) >= 11 is 0. The molecule has 2 saturated carbocycles. The van der Waals surface area contributed by atoms with E-state index in [0.717, 1.165) is 35.8 Å². The van der Waals surface area contributed by atoms with Crippen LogP contribution >= 0.6 is 7.82 Å². The summed E-state index contributed by atoms with van der Waals surface area (Å²) in [6.45, 7) is -0.868. The number of aromatic nitrogens is 4. The minimum Gasteiger partial charge on any atom is -0.756 e. The van der Waals surface area contributed by atoms with Gasteiger partial charge in [-0.05, 0) is 66.2 Å². The van der Waals surface area contributed by atoms with Gasteiger partial charge >= 0.3 is 6.09 Å². The number of ether oxygens (including phenoxy) is 1. The van der Waals surface area contributed by atoms with Crippen molar-refractivity contribution in [1.82, 2.24) is 25.3 Å². The monoisotopic (exact) mass is 584 g/mol. The van der Waals surface area contributed by atoms with Crippen LogP contribution in [-0.2, 0) is 20.6 Å². The number of anilines is 2. The van der Waals surface area contributed by atoms with Crippen molar-refractivity contribution < 1.29 is 32.8 Å². The molecule has 0 radical (unpaired) electrons. The van der Waals surface area contributed by atoms with Crippen molar-refractivity contribution in [3.63, 3.8) is 0 Å². The van der Waals surface area contributed by atoms with E-state index in [1.54, 1.807) is 6.20 Å². The Hall–Kier alpha value is -3.71.